The molecule has 1 aromatic heterocycles. The zero-order valence-corrected chi connectivity index (χ0v) is 19.5. The van der Waals surface area contributed by atoms with E-state index in [4.69, 9.17) is 23.2 Å². The SMILES string of the molecule is C[C@H]1CCCC[C@H]1NC(=O)/C(C#N)=C/c1cn(Cc2ccc(Cl)c(Cl)c2)c2ccccc12. The first-order chi connectivity index (χ1) is 15.5. The quantitative estimate of drug-likeness (QED) is 0.340. The van der Waals surface area contributed by atoms with Gasteiger partial charge in [-0.15, -0.1) is 0 Å². The molecule has 2 aromatic carbocycles. The minimum absolute atomic E-state index is 0.125. The van der Waals surface area contributed by atoms with Crippen molar-refractivity contribution >= 4 is 46.1 Å². The van der Waals surface area contributed by atoms with E-state index in [-0.39, 0.29) is 17.5 Å². The van der Waals surface area contributed by atoms with Crippen molar-refractivity contribution in [1.29, 1.82) is 5.26 Å². The number of halogens is 2. The van der Waals surface area contributed by atoms with Crippen LogP contribution in [0, 0.1) is 17.2 Å². The third-order valence-corrected chi connectivity index (χ3v) is 6.99. The van der Waals surface area contributed by atoms with Crippen molar-refractivity contribution in [1.82, 2.24) is 9.88 Å². The predicted molar refractivity (Wildman–Crippen MR) is 131 cm³/mol. The van der Waals surface area contributed by atoms with E-state index in [0.29, 0.717) is 22.5 Å². The number of nitrogens with one attached hydrogen (secondary N) is 1. The Hall–Kier alpha value is -2.74. The predicted octanol–water partition coefficient (Wildman–Crippen LogP) is 6.60. The van der Waals surface area contributed by atoms with Gasteiger partial charge in [0.2, 0.25) is 0 Å². The van der Waals surface area contributed by atoms with Crippen molar-refractivity contribution in [2.45, 2.75) is 45.2 Å². The van der Waals surface area contributed by atoms with Crippen molar-refractivity contribution in [2.24, 2.45) is 5.92 Å². The highest BCUT2D eigenvalue weighted by Crippen LogP contribution is 2.28. The summed E-state index contributed by atoms with van der Waals surface area (Å²) in [5.41, 5.74) is 2.99. The fraction of sp³-hybridized carbons (Fsp3) is 0.308. The Kier molecular flexibility index (Phi) is 6.89. The molecule has 0 saturated heterocycles. The van der Waals surface area contributed by atoms with E-state index >= 15 is 0 Å². The van der Waals surface area contributed by atoms with Gasteiger partial charge in [-0.05, 0) is 48.6 Å². The summed E-state index contributed by atoms with van der Waals surface area (Å²) >= 11 is 12.2. The maximum atomic E-state index is 12.9. The molecule has 3 aromatic rings. The number of nitrogens with zero attached hydrogens (tertiary/aromatic N) is 2. The molecule has 2 atom stereocenters. The number of aromatic nitrogens is 1. The van der Waals surface area contributed by atoms with Gasteiger partial charge < -0.3 is 9.88 Å². The maximum Gasteiger partial charge on any atom is 0.262 e. The summed E-state index contributed by atoms with van der Waals surface area (Å²) in [5, 5.41) is 14.8. The van der Waals surface area contributed by atoms with E-state index in [1.807, 2.05) is 42.6 Å². The standard InChI is InChI=1S/C26H25Cl2N3O/c1-17-6-2-4-8-24(17)30-26(32)19(14-29)13-20-16-31(25-9-5-3-7-21(20)25)15-18-10-11-22(27)23(28)12-18/h3,5,7,9-13,16-17,24H,2,4,6,8,15H2,1H3,(H,30,32)/b19-13+/t17-,24+/m0/s1. The number of fused-ring (bicyclic) bond motifs is 1. The maximum absolute atomic E-state index is 12.9. The van der Waals surface area contributed by atoms with E-state index in [2.05, 4.69) is 22.9 Å². The normalized spacial score (nSPS) is 19.0. The Morgan fingerprint density at radius 3 is 2.72 bits per heavy atom. The summed E-state index contributed by atoms with van der Waals surface area (Å²) in [6, 6.07) is 15.8. The highest BCUT2D eigenvalue weighted by molar-refractivity contribution is 6.42. The monoisotopic (exact) mass is 465 g/mol. The largest absolute Gasteiger partial charge is 0.348 e. The Morgan fingerprint density at radius 2 is 1.97 bits per heavy atom. The van der Waals surface area contributed by atoms with Crippen LogP contribution in [0.5, 0.6) is 0 Å². The first kappa shape index (κ1) is 22.5. The van der Waals surface area contributed by atoms with Crippen LogP contribution in [0.15, 0.2) is 54.2 Å². The van der Waals surface area contributed by atoms with Crippen molar-refractivity contribution in [3.63, 3.8) is 0 Å². The summed E-state index contributed by atoms with van der Waals surface area (Å²) in [5.74, 6) is 0.133. The van der Waals surface area contributed by atoms with Gasteiger partial charge in [-0.2, -0.15) is 5.26 Å². The second-order valence-corrected chi connectivity index (χ2v) is 9.30. The molecule has 1 amide bonds. The molecular formula is C26H25Cl2N3O. The highest BCUT2D eigenvalue weighted by atomic mass is 35.5. The Morgan fingerprint density at radius 1 is 1.19 bits per heavy atom. The lowest BCUT2D eigenvalue weighted by molar-refractivity contribution is -0.118. The van der Waals surface area contributed by atoms with Gasteiger partial charge in [0.15, 0.2) is 0 Å². The third-order valence-electron chi connectivity index (χ3n) is 6.25. The number of carbonyl (C=O) groups is 1. The summed E-state index contributed by atoms with van der Waals surface area (Å²) < 4.78 is 2.09. The number of hydrogen-bond donors (Lipinski definition) is 1. The van der Waals surface area contributed by atoms with Gasteiger partial charge in [0.25, 0.3) is 5.91 Å². The molecule has 0 spiro atoms. The van der Waals surface area contributed by atoms with Crippen LogP contribution in [0.2, 0.25) is 10.0 Å². The van der Waals surface area contributed by atoms with Crippen molar-refractivity contribution < 1.29 is 4.79 Å². The molecular weight excluding hydrogens is 441 g/mol. The van der Waals surface area contributed by atoms with Gasteiger partial charge in [-0.3, -0.25) is 4.79 Å². The molecule has 4 nitrogen and oxygen atoms in total. The second-order valence-electron chi connectivity index (χ2n) is 8.49. The molecule has 32 heavy (non-hydrogen) atoms. The van der Waals surface area contributed by atoms with Crippen LogP contribution < -0.4 is 5.32 Å². The molecule has 1 fully saturated rings. The van der Waals surface area contributed by atoms with Gasteiger partial charge in [0.05, 0.1) is 10.0 Å². The molecule has 0 bridgehead atoms. The molecule has 1 N–H and O–H groups in total. The van der Waals surface area contributed by atoms with Crippen LogP contribution in [0.1, 0.15) is 43.7 Å². The van der Waals surface area contributed by atoms with Crippen LogP contribution in [-0.4, -0.2) is 16.5 Å². The van der Waals surface area contributed by atoms with Crippen molar-refractivity contribution in [3.8, 4) is 6.07 Å². The van der Waals surface area contributed by atoms with Crippen molar-refractivity contribution in [2.75, 3.05) is 0 Å². The molecule has 4 rings (SSSR count). The summed E-state index contributed by atoms with van der Waals surface area (Å²) in [6.07, 6.45) is 8.06. The highest BCUT2D eigenvalue weighted by Gasteiger charge is 2.24. The van der Waals surface area contributed by atoms with Gasteiger partial charge in [0, 0.05) is 35.2 Å². The molecule has 1 aliphatic carbocycles. The van der Waals surface area contributed by atoms with Crippen LogP contribution in [-0.2, 0) is 11.3 Å². The molecule has 0 unspecified atom stereocenters. The number of carbonyl (C=O) groups excluding carboxylic acids is 1. The number of benzene rings is 2. The lowest BCUT2D eigenvalue weighted by Gasteiger charge is -2.29. The summed E-state index contributed by atoms with van der Waals surface area (Å²) in [7, 11) is 0. The molecule has 1 heterocycles. The number of para-hydroxylation sites is 1. The van der Waals surface area contributed by atoms with Crippen LogP contribution >= 0.6 is 23.2 Å². The first-order valence-electron chi connectivity index (χ1n) is 10.9. The molecule has 1 saturated carbocycles. The lowest BCUT2D eigenvalue weighted by Crippen LogP contribution is -2.41. The van der Waals surface area contributed by atoms with Gasteiger partial charge in [-0.25, -0.2) is 0 Å². The van der Waals surface area contributed by atoms with Crippen molar-refractivity contribution in [3.05, 3.63) is 75.4 Å². The van der Waals surface area contributed by atoms with E-state index < -0.39 is 0 Å². The number of amides is 1. The Balaban J connectivity index is 1.64. The minimum atomic E-state index is -0.299. The fourth-order valence-corrected chi connectivity index (χ4v) is 4.76. The average Bonchev–Trinajstić information content (AvgIpc) is 3.13. The zero-order valence-electron chi connectivity index (χ0n) is 17.9. The number of rotatable bonds is 5. The molecule has 1 aliphatic rings. The molecule has 0 radical (unpaired) electrons. The third kappa shape index (κ3) is 4.85. The van der Waals surface area contributed by atoms with Gasteiger partial charge >= 0.3 is 0 Å². The first-order valence-corrected chi connectivity index (χ1v) is 11.7. The molecule has 0 aliphatic heterocycles. The second kappa shape index (κ2) is 9.81. The number of hydrogen-bond acceptors (Lipinski definition) is 2. The van der Waals surface area contributed by atoms with E-state index in [1.165, 1.54) is 6.42 Å². The smallest absolute Gasteiger partial charge is 0.262 e. The fourth-order valence-electron chi connectivity index (χ4n) is 4.44. The zero-order chi connectivity index (χ0) is 22.7. The summed E-state index contributed by atoms with van der Waals surface area (Å²) in [4.78, 5) is 12.9. The minimum Gasteiger partial charge on any atom is -0.348 e. The number of nitriles is 1. The summed E-state index contributed by atoms with van der Waals surface area (Å²) in [6.45, 7) is 2.76. The van der Waals surface area contributed by atoms with Crippen LogP contribution in [0.3, 0.4) is 0 Å². The topological polar surface area (TPSA) is 57.8 Å². The van der Waals surface area contributed by atoms with Gasteiger partial charge in [-0.1, -0.05) is 67.2 Å². The van der Waals surface area contributed by atoms with E-state index in [9.17, 15) is 10.1 Å². The van der Waals surface area contributed by atoms with Crippen LogP contribution in [0.25, 0.3) is 17.0 Å². The van der Waals surface area contributed by atoms with Crippen LogP contribution in [0.4, 0.5) is 0 Å². The average molecular weight is 466 g/mol. The van der Waals surface area contributed by atoms with Gasteiger partial charge in [0.1, 0.15) is 11.6 Å². The van der Waals surface area contributed by atoms with E-state index in [1.54, 1.807) is 12.1 Å². The Bertz CT molecular complexity index is 1220. The lowest BCUT2D eigenvalue weighted by atomic mass is 9.86. The van der Waals surface area contributed by atoms with E-state index in [0.717, 1.165) is 41.3 Å². The molecule has 164 valence electrons. The Labute approximate surface area is 198 Å². The molecule has 6 heteroatoms.